The van der Waals surface area contributed by atoms with E-state index in [1.165, 1.54) is 9.21 Å². The predicted molar refractivity (Wildman–Crippen MR) is 94.3 cm³/mol. The highest BCUT2D eigenvalue weighted by atomic mass is 32.2. The van der Waals surface area contributed by atoms with Crippen LogP contribution in [0.1, 0.15) is 25.8 Å². The summed E-state index contributed by atoms with van der Waals surface area (Å²) in [4.78, 5) is 13.5. The molecule has 1 aliphatic heterocycles. The minimum Gasteiger partial charge on any atom is -0.493 e. The second-order valence-corrected chi connectivity index (χ2v) is 7.80. The molecule has 0 aromatic heterocycles. The van der Waals surface area contributed by atoms with Crippen molar-refractivity contribution in [1.29, 1.82) is 0 Å². The summed E-state index contributed by atoms with van der Waals surface area (Å²) in [6.07, 6.45) is 0.498. The number of piperazine rings is 1. The van der Waals surface area contributed by atoms with Gasteiger partial charge in [-0.3, -0.25) is 0 Å². The Kier molecular flexibility index (Phi) is 6.66. The van der Waals surface area contributed by atoms with Crippen LogP contribution in [0.5, 0.6) is 5.75 Å². The molecule has 8 heteroatoms. The second kappa shape index (κ2) is 8.53. The molecule has 0 spiro atoms. The van der Waals surface area contributed by atoms with E-state index < -0.39 is 16.1 Å². The number of benzene rings is 1. The molecule has 140 valence electrons. The maximum atomic E-state index is 12.8. The summed E-state index contributed by atoms with van der Waals surface area (Å²) >= 11 is 0. The monoisotopic (exact) mass is 370 g/mol. The lowest BCUT2D eigenvalue weighted by Gasteiger charge is -2.33. The molecule has 2 rings (SSSR count). The first-order valence-electron chi connectivity index (χ1n) is 8.55. The summed E-state index contributed by atoms with van der Waals surface area (Å²) in [5, 5.41) is 0. The standard InChI is InChI=1S/C17H26N2O5S/c1-4-12-24-16-7-6-15(13-14(16)3)25(21,22)19-10-8-18(9-11-19)17(20)23-5-2/h6-7,13H,4-5,8-12H2,1-3H3. The molecular formula is C17H26N2O5S. The maximum absolute atomic E-state index is 12.8. The van der Waals surface area contributed by atoms with Crippen molar-refractivity contribution in [3.63, 3.8) is 0 Å². The second-order valence-electron chi connectivity index (χ2n) is 5.87. The summed E-state index contributed by atoms with van der Waals surface area (Å²) in [6, 6.07) is 4.91. The Morgan fingerprint density at radius 1 is 1.16 bits per heavy atom. The molecular weight excluding hydrogens is 344 g/mol. The third-order valence-corrected chi connectivity index (χ3v) is 5.91. The predicted octanol–water partition coefficient (Wildman–Crippen LogP) is 2.25. The summed E-state index contributed by atoms with van der Waals surface area (Å²) in [5.74, 6) is 0.702. The van der Waals surface area contributed by atoms with Crippen molar-refractivity contribution in [2.24, 2.45) is 0 Å². The number of rotatable bonds is 6. The minimum atomic E-state index is -3.58. The topological polar surface area (TPSA) is 76.2 Å². The smallest absolute Gasteiger partial charge is 0.409 e. The third-order valence-electron chi connectivity index (χ3n) is 4.01. The zero-order valence-electron chi connectivity index (χ0n) is 15.0. The first-order chi connectivity index (χ1) is 11.9. The average Bonchev–Trinajstić information content (AvgIpc) is 2.61. The molecule has 1 fully saturated rings. The van der Waals surface area contributed by atoms with Gasteiger partial charge in [0.1, 0.15) is 5.75 Å². The lowest BCUT2D eigenvalue weighted by Crippen LogP contribution is -2.50. The largest absolute Gasteiger partial charge is 0.493 e. The van der Waals surface area contributed by atoms with Crippen LogP contribution in [-0.2, 0) is 14.8 Å². The van der Waals surface area contributed by atoms with E-state index in [0.29, 0.717) is 32.1 Å². The molecule has 0 N–H and O–H groups in total. The molecule has 0 unspecified atom stereocenters. The van der Waals surface area contributed by atoms with Gasteiger partial charge in [-0.25, -0.2) is 13.2 Å². The number of hydrogen-bond donors (Lipinski definition) is 0. The van der Waals surface area contributed by atoms with Gasteiger partial charge in [0.05, 0.1) is 18.1 Å². The van der Waals surface area contributed by atoms with E-state index in [-0.39, 0.29) is 18.0 Å². The highest BCUT2D eigenvalue weighted by Gasteiger charge is 2.30. The molecule has 0 radical (unpaired) electrons. The number of carbonyl (C=O) groups excluding carboxylic acids is 1. The molecule has 1 saturated heterocycles. The zero-order chi connectivity index (χ0) is 18.4. The molecule has 25 heavy (non-hydrogen) atoms. The summed E-state index contributed by atoms with van der Waals surface area (Å²) in [7, 11) is -3.58. The van der Waals surface area contributed by atoms with Crippen LogP contribution in [0.3, 0.4) is 0 Å². The van der Waals surface area contributed by atoms with Gasteiger partial charge in [0, 0.05) is 26.2 Å². The Morgan fingerprint density at radius 2 is 1.84 bits per heavy atom. The number of sulfonamides is 1. The maximum Gasteiger partial charge on any atom is 0.409 e. The first-order valence-corrected chi connectivity index (χ1v) is 9.99. The molecule has 1 aliphatic rings. The summed E-state index contributed by atoms with van der Waals surface area (Å²) < 4.78 is 37.6. The van der Waals surface area contributed by atoms with Gasteiger partial charge in [-0.2, -0.15) is 4.31 Å². The van der Waals surface area contributed by atoms with Gasteiger partial charge in [0.15, 0.2) is 0 Å². The van der Waals surface area contributed by atoms with E-state index in [2.05, 4.69) is 0 Å². The number of carbonyl (C=O) groups is 1. The molecule has 1 aromatic carbocycles. The Morgan fingerprint density at radius 3 is 2.40 bits per heavy atom. The lowest BCUT2D eigenvalue weighted by molar-refractivity contribution is 0.0934. The number of hydrogen-bond acceptors (Lipinski definition) is 5. The van der Waals surface area contributed by atoms with E-state index in [1.807, 2.05) is 13.8 Å². The van der Waals surface area contributed by atoms with Crippen LogP contribution in [0.2, 0.25) is 0 Å². The Labute approximate surface area is 149 Å². The van der Waals surface area contributed by atoms with E-state index in [4.69, 9.17) is 9.47 Å². The Hall–Kier alpha value is -1.80. The highest BCUT2D eigenvalue weighted by molar-refractivity contribution is 7.89. The van der Waals surface area contributed by atoms with Crippen LogP contribution in [0.4, 0.5) is 4.79 Å². The van der Waals surface area contributed by atoms with Gasteiger partial charge in [0.25, 0.3) is 0 Å². The molecule has 0 saturated carbocycles. The van der Waals surface area contributed by atoms with Gasteiger partial charge < -0.3 is 14.4 Å². The fraction of sp³-hybridized carbons (Fsp3) is 0.588. The average molecular weight is 370 g/mol. The van der Waals surface area contributed by atoms with Gasteiger partial charge in [0.2, 0.25) is 10.0 Å². The number of ether oxygens (including phenoxy) is 2. The molecule has 1 amide bonds. The number of nitrogens with zero attached hydrogens (tertiary/aromatic N) is 2. The van der Waals surface area contributed by atoms with Crippen molar-refractivity contribution in [2.45, 2.75) is 32.1 Å². The van der Waals surface area contributed by atoms with Gasteiger partial charge in [-0.1, -0.05) is 6.92 Å². The van der Waals surface area contributed by atoms with Crippen molar-refractivity contribution in [3.05, 3.63) is 23.8 Å². The van der Waals surface area contributed by atoms with E-state index in [9.17, 15) is 13.2 Å². The summed E-state index contributed by atoms with van der Waals surface area (Å²) in [6.45, 7) is 7.68. The quantitative estimate of drug-likeness (QED) is 0.768. The van der Waals surface area contributed by atoms with E-state index in [0.717, 1.165) is 12.0 Å². The minimum absolute atomic E-state index is 0.249. The highest BCUT2D eigenvalue weighted by Crippen LogP contribution is 2.25. The van der Waals surface area contributed by atoms with Crippen LogP contribution in [-0.4, -0.2) is 63.1 Å². The zero-order valence-corrected chi connectivity index (χ0v) is 15.8. The van der Waals surface area contributed by atoms with E-state index >= 15 is 0 Å². The molecule has 0 aliphatic carbocycles. The van der Waals surface area contributed by atoms with Crippen molar-refractivity contribution >= 4 is 16.1 Å². The first kappa shape index (κ1) is 19.5. The molecule has 1 aromatic rings. The molecule has 1 heterocycles. The normalized spacial score (nSPS) is 15.9. The third kappa shape index (κ3) is 4.64. The van der Waals surface area contributed by atoms with Crippen molar-refractivity contribution in [2.75, 3.05) is 39.4 Å². The summed E-state index contributed by atoms with van der Waals surface area (Å²) in [5.41, 5.74) is 0.791. The SMILES string of the molecule is CCCOc1ccc(S(=O)(=O)N2CCN(C(=O)OCC)CC2)cc1C. The van der Waals surface area contributed by atoms with Crippen LogP contribution < -0.4 is 4.74 Å². The molecule has 0 atom stereocenters. The van der Waals surface area contributed by atoms with Gasteiger partial charge >= 0.3 is 6.09 Å². The van der Waals surface area contributed by atoms with E-state index in [1.54, 1.807) is 25.1 Å². The number of amides is 1. The van der Waals surface area contributed by atoms with Crippen molar-refractivity contribution in [3.8, 4) is 5.75 Å². The van der Waals surface area contributed by atoms with Crippen molar-refractivity contribution in [1.82, 2.24) is 9.21 Å². The van der Waals surface area contributed by atoms with Crippen LogP contribution in [0.15, 0.2) is 23.1 Å². The Balaban J connectivity index is 2.07. The van der Waals surface area contributed by atoms with Crippen LogP contribution in [0, 0.1) is 6.92 Å². The molecule has 0 bridgehead atoms. The van der Waals surface area contributed by atoms with Crippen LogP contribution in [0.25, 0.3) is 0 Å². The molecule has 7 nitrogen and oxygen atoms in total. The lowest BCUT2D eigenvalue weighted by atomic mass is 10.2. The van der Waals surface area contributed by atoms with Crippen molar-refractivity contribution < 1.29 is 22.7 Å². The fourth-order valence-electron chi connectivity index (χ4n) is 2.63. The van der Waals surface area contributed by atoms with Crippen LogP contribution >= 0.6 is 0 Å². The van der Waals surface area contributed by atoms with Gasteiger partial charge in [-0.05, 0) is 44.0 Å². The number of aryl methyl sites for hydroxylation is 1. The fourth-order valence-corrected chi connectivity index (χ4v) is 4.14. The Bertz CT molecular complexity index is 697. The van der Waals surface area contributed by atoms with Gasteiger partial charge in [-0.15, -0.1) is 0 Å².